The molecule has 0 radical (unpaired) electrons. The molecule has 3 rings (SSSR count). The van der Waals surface area contributed by atoms with E-state index in [-0.39, 0.29) is 11.4 Å². The van der Waals surface area contributed by atoms with E-state index in [1.54, 1.807) is 36.4 Å². The van der Waals surface area contributed by atoms with Crippen LogP contribution < -0.4 is 5.69 Å². The van der Waals surface area contributed by atoms with E-state index >= 15 is 0 Å². The van der Waals surface area contributed by atoms with E-state index in [2.05, 4.69) is 0 Å². The third-order valence-corrected chi connectivity index (χ3v) is 6.02. The van der Waals surface area contributed by atoms with Gasteiger partial charge in [0.2, 0.25) is 0 Å². The lowest BCUT2D eigenvalue weighted by molar-refractivity contribution is 0.583. The summed E-state index contributed by atoms with van der Waals surface area (Å²) >= 11 is 5.85. The first-order valence-corrected chi connectivity index (χ1v) is 9.46. The summed E-state index contributed by atoms with van der Waals surface area (Å²) < 4.78 is 27.6. The molecule has 0 aliphatic heterocycles. The smallest absolute Gasteiger partial charge is 0.294 e. The molecule has 0 atom stereocenters. The van der Waals surface area contributed by atoms with Crippen molar-refractivity contribution in [2.24, 2.45) is 0 Å². The summed E-state index contributed by atoms with van der Waals surface area (Å²) in [6.07, 6.45) is 2.75. The van der Waals surface area contributed by atoms with Gasteiger partial charge in [0.05, 0.1) is 11.4 Å². The summed E-state index contributed by atoms with van der Waals surface area (Å²) in [6, 6.07) is 11.9. The Balaban J connectivity index is 1.98. The summed E-state index contributed by atoms with van der Waals surface area (Å²) in [6.45, 7) is 4.01. The lowest BCUT2D eigenvalue weighted by Gasteiger charge is -2.07. The van der Waals surface area contributed by atoms with E-state index < -0.39 is 15.7 Å². The molecule has 2 aromatic carbocycles. The Labute approximate surface area is 151 Å². The second kappa shape index (κ2) is 6.54. The van der Waals surface area contributed by atoms with Crippen molar-refractivity contribution in [3.8, 4) is 0 Å². The quantitative estimate of drug-likeness (QED) is 0.702. The number of halogens is 1. The largest absolute Gasteiger partial charge is 0.342 e. The van der Waals surface area contributed by atoms with Gasteiger partial charge < -0.3 is 0 Å². The van der Waals surface area contributed by atoms with E-state index in [9.17, 15) is 13.2 Å². The number of hydrogen-bond acceptors (Lipinski definition) is 3. The van der Waals surface area contributed by atoms with Gasteiger partial charge in [0.15, 0.2) is 0 Å². The van der Waals surface area contributed by atoms with Crippen LogP contribution in [0, 0.1) is 13.8 Å². The number of aryl methyl sites for hydroxylation is 2. The van der Waals surface area contributed by atoms with Crippen LogP contribution in [0.5, 0.6) is 0 Å². The van der Waals surface area contributed by atoms with E-state index in [1.807, 2.05) is 13.8 Å². The number of rotatable bonds is 4. The summed E-state index contributed by atoms with van der Waals surface area (Å²) in [5.41, 5.74) is 2.10. The Kier molecular flexibility index (Phi) is 4.58. The highest BCUT2D eigenvalue weighted by Gasteiger charge is 2.21. The molecule has 0 fully saturated rings. The van der Waals surface area contributed by atoms with Gasteiger partial charge in [-0.25, -0.2) is 13.2 Å². The SMILES string of the molecule is Cc1ccc(S(=O)(=O)n2ccn(Cc3ccc(Cl)cc3)c2=O)cc1C. The van der Waals surface area contributed by atoms with Crippen LogP contribution in [0.25, 0.3) is 0 Å². The molecule has 0 N–H and O–H groups in total. The number of hydrogen-bond donors (Lipinski definition) is 0. The molecule has 0 spiro atoms. The summed E-state index contributed by atoms with van der Waals surface area (Å²) in [5, 5.41) is 0.603. The van der Waals surface area contributed by atoms with Crippen molar-refractivity contribution in [1.82, 2.24) is 8.54 Å². The molecule has 1 aromatic heterocycles. The lowest BCUT2D eigenvalue weighted by atomic mass is 10.1. The fourth-order valence-electron chi connectivity index (χ4n) is 2.47. The van der Waals surface area contributed by atoms with Crippen LogP contribution in [-0.4, -0.2) is 17.0 Å². The predicted octanol–water partition coefficient (Wildman–Crippen LogP) is 3.21. The van der Waals surface area contributed by atoms with Crippen molar-refractivity contribution in [2.75, 3.05) is 0 Å². The number of imidazole rings is 1. The Morgan fingerprint density at radius 3 is 2.28 bits per heavy atom. The second-order valence-electron chi connectivity index (χ2n) is 5.88. The van der Waals surface area contributed by atoms with Gasteiger partial charge >= 0.3 is 5.69 Å². The molecule has 3 aromatic rings. The lowest BCUT2D eigenvalue weighted by Crippen LogP contribution is -2.29. The second-order valence-corrected chi connectivity index (χ2v) is 8.13. The average Bonchev–Trinajstić information content (AvgIpc) is 2.93. The highest BCUT2D eigenvalue weighted by molar-refractivity contribution is 7.90. The van der Waals surface area contributed by atoms with Crippen LogP contribution in [0.1, 0.15) is 16.7 Å². The van der Waals surface area contributed by atoms with Gasteiger partial charge in [-0.1, -0.05) is 29.8 Å². The van der Waals surface area contributed by atoms with E-state index in [4.69, 9.17) is 11.6 Å². The van der Waals surface area contributed by atoms with E-state index in [1.165, 1.54) is 23.0 Å². The first-order chi connectivity index (χ1) is 11.8. The molecule has 0 saturated heterocycles. The molecule has 5 nitrogen and oxygen atoms in total. The third kappa shape index (κ3) is 3.41. The highest BCUT2D eigenvalue weighted by atomic mass is 35.5. The van der Waals surface area contributed by atoms with Crippen molar-refractivity contribution in [1.29, 1.82) is 0 Å². The Bertz CT molecular complexity index is 1080. The molecule has 0 amide bonds. The van der Waals surface area contributed by atoms with Gasteiger partial charge in [0.25, 0.3) is 10.0 Å². The Hall–Kier alpha value is -2.31. The van der Waals surface area contributed by atoms with Crippen LogP contribution in [0.2, 0.25) is 5.02 Å². The van der Waals surface area contributed by atoms with Gasteiger partial charge in [0.1, 0.15) is 0 Å². The molecular weight excluding hydrogens is 360 g/mol. The van der Waals surface area contributed by atoms with Crippen LogP contribution in [-0.2, 0) is 16.6 Å². The van der Waals surface area contributed by atoms with E-state index in [0.29, 0.717) is 5.02 Å². The van der Waals surface area contributed by atoms with Crippen LogP contribution in [0.15, 0.2) is 64.5 Å². The molecule has 0 aliphatic carbocycles. The van der Waals surface area contributed by atoms with Crippen molar-refractivity contribution in [3.05, 3.63) is 87.1 Å². The third-order valence-electron chi connectivity index (χ3n) is 4.12. The van der Waals surface area contributed by atoms with Crippen molar-refractivity contribution in [3.63, 3.8) is 0 Å². The van der Waals surface area contributed by atoms with Crippen LogP contribution in [0.4, 0.5) is 0 Å². The van der Waals surface area contributed by atoms with Gasteiger partial charge in [-0.2, -0.15) is 3.97 Å². The van der Waals surface area contributed by atoms with Gasteiger partial charge in [0, 0.05) is 17.4 Å². The van der Waals surface area contributed by atoms with Crippen molar-refractivity contribution in [2.45, 2.75) is 25.3 Å². The topological polar surface area (TPSA) is 61.1 Å². The first kappa shape index (κ1) is 17.5. The Morgan fingerprint density at radius 1 is 0.960 bits per heavy atom. The number of aromatic nitrogens is 2. The summed E-state index contributed by atoms with van der Waals surface area (Å²) in [7, 11) is -3.92. The Morgan fingerprint density at radius 2 is 1.64 bits per heavy atom. The zero-order valence-electron chi connectivity index (χ0n) is 13.8. The fraction of sp³-hybridized carbons (Fsp3) is 0.167. The maximum atomic E-state index is 12.8. The minimum atomic E-state index is -3.92. The number of benzene rings is 2. The van der Waals surface area contributed by atoms with Gasteiger partial charge in [-0.3, -0.25) is 4.57 Å². The number of nitrogens with zero attached hydrogens (tertiary/aromatic N) is 2. The molecular formula is C18H17ClN2O3S. The van der Waals surface area contributed by atoms with Crippen LogP contribution in [0.3, 0.4) is 0 Å². The van der Waals surface area contributed by atoms with Gasteiger partial charge in [-0.15, -0.1) is 0 Å². The van der Waals surface area contributed by atoms with Crippen molar-refractivity contribution < 1.29 is 8.42 Å². The molecule has 0 saturated carbocycles. The van der Waals surface area contributed by atoms with Gasteiger partial charge in [-0.05, 0) is 54.8 Å². The molecule has 7 heteroatoms. The molecule has 25 heavy (non-hydrogen) atoms. The molecule has 0 bridgehead atoms. The van der Waals surface area contributed by atoms with Crippen molar-refractivity contribution >= 4 is 21.6 Å². The predicted molar refractivity (Wildman–Crippen MR) is 97.7 cm³/mol. The molecule has 1 heterocycles. The maximum absolute atomic E-state index is 12.8. The average molecular weight is 377 g/mol. The highest BCUT2D eigenvalue weighted by Crippen LogP contribution is 2.17. The summed E-state index contributed by atoms with van der Waals surface area (Å²) in [5.74, 6) is 0. The summed E-state index contributed by atoms with van der Waals surface area (Å²) in [4.78, 5) is 12.6. The zero-order valence-corrected chi connectivity index (χ0v) is 15.4. The fourth-order valence-corrected chi connectivity index (χ4v) is 3.92. The van der Waals surface area contributed by atoms with Crippen LogP contribution >= 0.6 is 11.6 Å². The monoisotopic (exact) mass is 376 g/mol. The standard InChI is InChI=1S/C18H17ClN2O3S/c1-13-3-8-17(11-14(13)2)25(23,24)21-10-9-20(18(21)22)12-15-4-6-16(19)7-5-15/h3-11H,12H2,1-2H3. The molecule has 0 unspecified atom stereocenters. The zero-order chi connectivity index (χ0) is 18.2. The normalized spacial score (nSPS) is 11.6. The molecule has 0 aliphatic rings. The van der Waals surface area contributed by atoms with E-state index in [0.717, 1.165) is 20.7 Å². The minimum Gasteiger partial charge on any atom is -0.294 e. The molecule has 130 valence electrons. The maximum Gasteiger partial charge on any atom is 0.342 e. The minimum absolute atomic E-state index is 0.0990. The first-order valence-electron chi connectivity index (χ1n) is 7.64.